The van der Waals surface area contributed by atoms with Gasteiger partial charge in [-0.1, -0.05) is 12.1 Å². The van der Waals surface area contributed by atoms with Gasteiger partial charge in [0.05, 0.1) is 23.8 Å². The van der Waals surface area contributed by atoms with Gasteiger partial charge >= 0.3 is 6.09 Å². The van der Waals surface area contributed by atoms with Gasteiger partial charge in [0, 0.05) is 13.0 Å². The molecule has 6 heteroatoms. The average molecular weight is 315 g/mol. The Morgan fingerprint density at radius 3 is 2.74 bits per heavy atom. The lowest BCUT2D eigenvalue weighted by Crippen LogP contribution is -2.36. The second-order valence-electron chi connectivity index (χ2n) is 6.65. The third kappa shape index (κ3) is 3.88. The van der Waals surface area contributed by atoms with Crippen LogP contribution >= 0.6 is 0 Å². The van der Waals surface area contributed by atoms with Crippen LogP contribution < -0.4 is 4.74 Å². The van der Waals surface area contributed by atoms with Gasteiger partial charge in [0.25, 0.3) is 0 Å². The largest absolute Gasteiger partial charge is 0.471 e. The summed E-state index contributed by atoms with van der Waals surface area (Å²) in [6.07, 6.45) is 2.00. The van der Waals surface area contributed by atoms with Crippen molar-refractivity contribution in [1.82, 2.24) is 14.9 Å². The fraction of sp³-hybridized carbons (Fsp3) is 0.471. The molecular weight excluding hydrogens is 294 g/mol. The zero-order chi connectivity index (χ0) is 16.4. The Bertz CT molecular complexity index is 712. The lowest BCUT2D eigenvalue weighted by atomic mass is 10.2. The van der Waals surface area contributed by atoms with Gasteiger partial charge in [-0.05, 0) is 32.9 Å². The Kier molecular flexibility index (Phi) is 4.07. The number of likely N-dealkylation sites (tertiary alicyclic amines) is 1. The molecule has 2 aromatic rings. The molecule has 1 atom stereocenters. The molecule has 1 aromatic carbocycles. The van der Waals surface area contributed by atoms with E-state index in [1.54, 1.807) is 11.1 Å². The third-order valence-corrected chi connectivity index (χ3v) is 3.51. The van der Waals surface area contributed by atoms with Gasteiger partial charge < -0.3 is 14.4 Å². The molecule has 23 heavy (non-hydrogen) atoms. The summed E-state index contributed by atoms with van der Waals surface area (Å²) in [5.74, 6) is 0.486. The molecular formula is C17H21N3O3. The summed E-state index contributed by atoms with van der Waals surface area (Å²) in [7, 11) is 0. The zero-order valence-corrected chi connectivity index (χ0v) is 13.7. The number of nitrogens with zero attached hydrogens (tertiary/aromatic N) is 3. The van der Waals surface area contributed by atoms with E-state index in [0.717, 1.165) is 17.5 Å². The molecule has 0 N–H and O–H groups in total. The molecule has 1 aliphatic heterocycles. The molecule has 122 valence electrons. The highest BCUT2D eigenvalue weighted by Crippen LogP contribution is 2.20. The average Bonchev–Trinajstić information content (AvgIpc) is 2.94. The van der Waals surface area contributed by atoms with E-state index in [2.05, 4.69) is 9.97 Å². The van der Waals surface area contributed by atoms with E-state index in [0.29, 0.717) is 19.0 Å². The number of aromatic nitrogens is 2. The van der Waals surface area contributed by atoms with Crippen molar-refractivity contribution >= 4 is 17.1 Å². The van der Waals surface area contributed by atoms with Crippen molar-refractivity contribution in [1.29, 1.82) is 0 Å². The highest BCUT2D eigenvalue weighted by molar-refractivity contribution is 5.74. The smallest absolute Gasteiger partial charge is 0.410 e. The van der Waals surface area contributed by atoms with Gasteiger partial charge in [0.15, 0.2) is 0 Å². The number of benzene rings is 1. The fourth-order valence-electron chi connectivity index (χ4n) is 2.48. The standard InChI is InChI=1S/C17H21N3O3/c1-17(2,3)23-16(21)20-9-8-12(11-20)22-15-10-18-13-6-4-5-7-14(13)19-15/h4-7,10,12H,8-9,11H2,1-3H3/t12-/m1/s1. The quantitative estimate of drug-likeness (QED) is 0.852. The highest BCUT2D eigenvalue weighted by atomic mass is 16.6. The molecule has 0 aliphatic carbocycles. The minimum absolute atomic E-state index is 0.0852. The summed E-state index contributed by atoms with van der Waals surface area (Å²) < 4.78 is 11.3. The first kappa shape index (κ1) is 15.5. The Labute approximate surface area is 135 Å². The number of para-hydroxylation sites is 2. The second kappa shape index (κ2) is 6.02. The van der Waals surface area contributed by atoms with E-state index in [1.807, 2.05) is 45.0 Å². The van der Waals surface area contributed by atoms with Crippen LogP contribution in [0.15, 0.2) is 30.5 Å². The zero-order valence-electron chi connectivity index (χ0n) is 13.7. The molecule has 1 amide bonds. The molecule has 1 aliphatic rings. The van der Waals surface area contributed by atoms with Crippen molar-refractivity contribution in [3.8, 4) is 5.88 Å². The first-order chi connectivity index (χ1) is 10.9. The van der Waals surface area contributed by atoms with Crippen LogP contribution in [0.25, 0.3) is 11.0 Å². The molecule has 1 saturated heterocycles. The van der Waals surface area contributed by atoms with Gasteiger partial charge in [0.2, 0.25) is 5.88 Å². The van der Waals surface area contributed by atoms with Gasteiger partial charge in [-0.15, -0.1) is 0 Å². The molecule has 1 aromatic heterocycles. The van der Waals surface area contributed by atoms with Crippen LogP contribution in [0, 0.1) is 0 Å². The van der Waals surface area contributed by atoms with Crippen LogP contribution in [-0.4, -0.2) is 45.8 Å². The normalized spacial score (nSPS) is 18.2. The van der Waals surface area contributed by atoms with Gasteiger partial charge in [-0.3, -0.25) is 0 Å². The van der Waals surface area contributed by atoms with Crippen LogP contribution in [0.2, 0.25) is 0 Å². The van der Waals surface area contributed by atoms with E-state index >= 15 is 0 Å². The summed E-state index contributed by atoms with van der Waals surface area (Å²) in [4.78, 5) is 22.5. The minimum Gasteiger partial charge on any atom is -0.471 e. The Balaban J connectivity index is 1.61. The molecule has 0 spiro atoms. The Morgan fingerprint density at radius 2 is 2.00 bits per heavy atom. The second-order valence-corrected chi connectivity index (χ2v) is 6.65. The van der Waals surface area contributed by atoms with Crippen molar-refractivity contribution in [2.45, 2.75) is 38.9 Å². The molecule has 0 bridgehead atoms. The van der Waals surface area contributed by atoms with Crippen LogP contribution in [-0.2, 0) is 4.74 Å². The number of carbonyl (C=O) groups excluding carboxylic acids is 1. The summed E-state index contributed by atoms with van der Waals surface area (Å²) in [6.45, 7) is 6.71. The van der Waals surface area contributed by atoms with Gasteiger partial charge in [-0.25, -0.2) is 14.8 Å². The molecule has 3 rings (SSSR count). The molecule has 1 fully saturated rings. The van der Waals surface area contributed by atoms with Crippen molar-refractivity contribution in [3.63, 3.8) is 0 Å². The predicted molar refractivity (Wildman–Crippen MR) is 86.4 cm³/mol. The summed E-state index contributed by atoms with van der Waals surface area (Å²) in [5.41, 5.74) is 1.15. The molecule has 6 nitrogen and oxygen atoms in total. The summed E-state index contributed by atoms with van der Waals surface area (Å²) >= 11 is 0. The lowest BCUT2D eigenvalue weighted by Gasteiger charge is -2.24. The van der Waals surface area contributed by atoms with Crippen molar-refractivity contribution < 1.29 is 14.3 Å². The van der Waals surface area contributed by atoms with Crippen LogP contribution in [0.3, 0.4) is 0 Å². The van der Waals surface area contributed by atoms with E-state index in [-0.39, 0.29) is 12.2 Å². The van der Waals surface area contributed by atoms with E-state index in [1.165, 1.54) is 0 Å². The number of ether oxygens (including phenoxy) is 2. The van der Waals surface area contributed by atoms with E-state index in [4.69, 9.17) is 9.47 Å². The number of hydrogen-bond donors (Lipinski definition) is 0. The third-order valence-electron chi connectivity index (χ3n) is 3.51. The number of amides is 1. The lowest BCUT2D eigenvalue weighted by molar-refractivity contribution is 0.0275. The topological polar surface area (TPSA) is 64.5 Å². The van der Waals surface area contributed by atoms with E-state index in [9.17, 15) is 4.79 Å². The molecule has 0 saturated carbocycles. The van der Waals surface area contributed by atoms with E-state index < -0.39 is 5.60 Å². The van der Waals surface area contributed by atoms with Crippen LogP contribution in [0.1, 0.15) is 27.2 Å². The van der Waals surface area contributed by atoms with Gasteiger partial charge in [0.1, 0.15) is 11.7 Å². The van der Waals surface area contributed by atoms with Crippen LogP contribution in [0.4, 0.5) is 4.79 Å². The molecule has 0 radical (unpaired) electrons. The highest BCUT2D eigenvalue weighted by Gasteiger charge is 2.31. The maximum absolute atomic E-state index is 12.1. The number of hydrogen-bond acceptors (Lipinski definition) is 5. The number of fused-ring (bicyclic) bond motifs is 1. The van der Waals surface area contributed by atoms with Crippen molar-refractivity contribution in [2.75, 3.05) is 13.1 Å². The number of rotatable bonds is 2. The maximum Gasteiger partial charge on any atom is 0.410 e. The first-order valence-corrected chi connectivity index (χ1v) is 7.77. The SMILES string of the molecule is CC(C)(C)OC(=O)N1CC[C@@H](Oc2cnc3ccccc3n2)C1. The first-order valence-electron chi connectivity index (χ1n) is 7.77. The summed E-state index contributed by atoms with van der Waals surface area (Å²) in [5, 5.41) is 0. The van der Waals surface area contributed by atoms with Gasteiger partial charge in [-0.2, -0.15) is 0 Å². The predicted octanol–water partition coefficient (Wildman–Crippen LogP) is 3.02. The fourth-order valence-corrected chi connectivity index (χ4v) is 2.48. The van der Waals surface area contributed by atoms with Crippen LogP contribution in [0.5, 0.6) is 5.88 Å². The van der Waals surface area contributed by atoms with Crippen molar-refractivity contribution in [2.24, 2.45) is 0 Å². The minimum atomic E-state index is -0.486. The van der Waals surface area contributed by atoms with Crippen molar-refractivity contribution in [3.05, 3.63) is 30.5 Å². The Morgan fingerprint density at radius 1 is 1.26 bits per heavy atom. The molecule has 0 unspecified atom stereocenters. The summed E-state index contributed by atoms with van der Waals surface area (Å²) in [6, 6.07) is 7.65. The monoisotopic (exact) mass is 315 g/mol. The maximum atomic E-state index is 12.1. The number of carbonyl (C=O) groups is 1. The Hall–Kier alpha value is -2.37. The molecule has 2 heterocycles.